The number of aromatic nitrogens is 2. The lowest BCUT2D eigenvalue weighted by molar-refractivity contribution is 0.450. The number of benzene rings is 1. The maximum Gasteiger partial charge on any atom is 0.224 e. The average molecular weight is 281 g/mol. The number of ether oxygens (including phenoxy) is 1. The van der Waals surface area contributed by atoms with E-state index in [-0.39, 0.29) is 5.82 Å². The van der Waals surface area contributed by atoms with Crippen molar-refractivity contribution in [3.63, 3.8) is 0 Å². The first-order valence-corrected chi connectivity index (χ1v) is 6.43. The van der Waals surface area contributed by atoms with Crippen molar-refractivity contribution < 1.29 is 9.13 Å². The molecule has 3 nitrogen and oxygen atoms in total. The zero-order chi connectivity index (χ0) is 13.8. The Bertz CT molecular complexity index is 590. The van der Waals surface area contributed by atoms with Gasteiger partial charge in [-0.15, -0.1) is 0 Å². The number of halogens is 2. The normalized spacial score (nSPS) is 10.5. The van der Waals surface area contributed by atoms with Crippen molar-refractivity contribution in [1.29, 1.82) is 0 Å². The van der Waals surface area contributed by atoms with Crippen molar-refractivity contribution in [2.24, 2.45) is 0 Å². The molecule has 0 N–H and O–H groups in total. The molecule has 0 aliphatic heterocycles. The summed E-state index contributed by atoms with van der Waals surface area (Å²) in [6.45, 7) is 3.87. The zero-order valence-electron chi connectivity index (χ0n) is 10.8. The van der Waals surface area contributed by atoms with Crippen molar-refractivity contribution in [3.05, 3.63) is 46.6 Å². The standard InChI is InChI=1S/C14H14ClFN2O/c1-3-4-13-17-12(15)8-14(18-13)19-11-7-10(16)6-5-9(11)2/h5-8H,3-4H2,1-2H3. The van der Waals surface area contributed by atoms with Gasteiger partial charge >= 0.3 is 0 Å². The number of aryl methyl sites for hydroxylation is 2. The van der Waals surface area contributed by atoms with Crippen LogP contribution in [0.1, 0.15) is 24.7 Å². The van der Waals surface area contributed by atoms with E-state index in [4.69, 9.17) is 16.3 Å². The highest BCUT2D eigenvalue weighted by Crippen LogP contribution is 2.25. The van der Waals surface area contributed by atoms with Crippen LogP contribution < -0.4 is 4.74 Å². The lowest BCUT2D eigenvalue weighted by Gasteiger charge is -2.09. The third kappa shape index (κ3) is 3.64. The molecule has 0 saturated heterocycles. The van der Waals surface area contributed by atoms with Crippen LogP contribution in [0.25, 0.3) is 0 Å². The summed E-state index contributed by atoms with van der Waals surface area (Å²) in [5.74, 6) is 1.03. The maximum absolute atomic E-state index is 13.2. The quantitative estimate of drug-likeness (QED) is 0.782. The van der Waals surface area contributed by atoms with E-state index in [9.17, 15) is 4.39 Å². The molecule has 0 fully saturated rings. The summed E-state index contributed by atoms with van der Waals surface area (Å²) in [7, 11) is 0. The summed E-state index contributed by atoms with van der Waals surface area (Å²) < 4.78 is 18.8. The molecule has 0 radical (unpaired) electrons. The molecule has 2 aromatic rings. The molecule has 0 unspecified atom stereocenters. The molecular formula is C14H14ClFN2O. The largest absolute Gasteiger partial charge is 0.438 e. The van der Waals surface area contributed by atoms with Crippen LogP contribution in [-0.2, 0) is 6.42 Å². The molecule has 1 aromatic heterocycles. The lowest BCUT2D eigenvalue weighted by atomic mass is 10.2. The highest BCUT2D eigenvalue weighted by Gasteiger charge is 2.07. The van der Waals surface area contributed by atoms with Gasteiger partial charge in [-0.25, -0.2) is 9.37 Å². The van der Waals surface area contributed by atoms with Crippen LogP contribution in [0.5, 0.6) is 11.6 Å². The van der Waals surface area contributed by atoms with Crippen LogP contribution in [0.2, 0.25) is 5.15 Å². The first kappa shape index (κ1) is 13.7. The molecule has 1 heterocycles. The summed E-state index contributed by atoms with van der Waals surface area (Å²) in [5.41, 5.74) is 0.827. The van der Waals surface area contributed by atoms with Gasteiger partial charge in [-0.2, -0.15) is 4.98 Å². The van der Waals surface area contributed by atoms with Crippen LogP contribution in [0.15, 0.2) is 24.3 Å². The van der Waals surface area contributed by atoms with E-state index >= 15 is 0 Å². The number of rotatable bonds is 4. The highest BCUT2D eigenvalue weighted by molar-refractivity contribution is 6.29. The lowest BCUT2D eigenvalue weighted by Crippen LogP contribution is -1.98. The third-order valence-corrected chi connectivity index (χ3v) is 2.75. The summed E-state index contributed by atoms with van der Waals surface area (Å²) in [6.07, 6.45) is 1.64. The van der Waals surface area contributed by atoms with Crippen LogP contribution in [-0.4, -0.2) is 9.97 Å². The predicted octanol–water partition coefficient (Wildman–Crippen LogP) is 4.32. The molecule has 19 heavy (non-hydrogen) atoms. The molecule has 100 valence electrons. The monoisotopic (exact) mass is 280 g/mol. The topological polar surface area (TPSA) is 35.0 Å². The minimum Gasteiger partial charge on any atom is -0.438 e. The van der Waals surface area contributed by atoms with Gasteiger partial charge in [0.15, 0.2) is 0 Å². The van der Waals surface area contributed by atoms with Crippen molar-refractivity contribution in [2.45, 2.75) is 26.7 Å². The van der Waals surface area contributed by atoms with Gasteiger partial charge in [0.2, 0.25) is 5.88 Å². The smallest absolute Gasteiger partial charge is 0.224 e. The van der Waals surface area contributed by atoms with Gasteiger partial charge in [0.25, 0.3) is 0 Å². The molecule has 0 amide bonds. The molecule has 0 saturated carbocycles. The molecule has 2 rings (SSSR count). The zero-order valence-corrected chi connectivity index (χ0v) is 11.5. The highest BCUT2D eigenvalue weighted by atomic mass is 35.5. The molecule has 0 atom stereocenters. The van der Waals surface area contributed by atoms with Gasteiger partial charge < -0.3 is 4.74 Å². The maximum atomic E-state index is 13.2. The van der Waals surface area contributed by atoms with E-state index in [0.29, 0.717) is 22.6 Å². The van der Waals surface area contributed by atoms with Gasteiger partial charge in [0, 0.05) is 18.6 Å². The van der Waals surface area contributed by atoms with Gasteiger partial charge in [0.1, 0.15) is 22.5 Å². The van der Waals surface area contributed by atoms with E-state index in [1.807, 2.05) is 13.8 Å². The average Bonchev–Trinajstić information content (AvgIpc) is 2.33. The number of hydrogen-bond donors (Lipinski definition) is 0. The Hall–Kier alpha value is -1.68. The van der Waals surface area contributed by atoms with E-state index < -0.39 is 0 Å². The third-order valence-electron chi connectivity index (χ3n) is 2.56. The van der Waals surface area contributed by atoms with E-state index in [0.717, 1.165) is 18.4 Å². The van der Waals surface area contributed by atoms with Gasteiger partial charge in [-0.3, -0.25) is 0 Å². The molecule has 5 heteroatoms. The Morgan fingerprint density at radius 2 is 2.05 bits per heavy atom. The van der Waals surface area contributed by atoms with Gasteiger partial charge in [-0.1, -0.05) is 24.6 Å². The Morgan fingerprint density at radius 3 is 2.79 bits per heavy atom. The van der Waals surface area contributed by atoms with E-state index in [2.05, 4.69) is 9.97 Å². The summed E-state index contributed by atoms with van der Waals surface area (Å²) >= 11 is 5.92. The van der Waals surface area contributed by atoms with Crippen LogP contribution in [0.4, 0.5) is 4.39 Å². The first-order chi connectivity index (χ1) is 9.08. The second-order valence-corrected chi connectivity index (χ2v) is 4.59. The molecule has 0 spiro atoms. The van der Waals surface area contributed by atoms with Crippen molar-refractivity contribution >= 4 is 11.6 Å². The summed E-state index contributed by atoms with van der Waals surface area (Å²) in [6, 6.07) is 5.88. The van der Waals surface area contributed by atoms with Crippen molar-refractivity contribution in [3.8, 4) is 11.6 Å². The fourth-order valence-electron chi connectivity index (χ4n) is 1.63. The number of hydrogen-bond acceptors (Lipinski definition) is 3. The molecular weight excluding hydrogens is 267 g/mol. The Balaban J connectivity index is 2.29. The van der Waals surface area contributed by atoms with E-state index in [1.54, 1.807) is 6.07 Å². The predicted molar refractivity (Wildman–Crippen MR) is 72.2 cm³/mol. The minimum absolute atomic E-state index is 0.322. The SMILES string of the molecule is CCCc1nc(Cl)cc(Oc2cc(F)ccc2C)n1. The first-order valence-electron chi connectivity index (χ1n) is 6.06. The molecule has 0 aliphatic carbocycles. The molecule has 1 aromatic carbocycles. The van der Waals surface area contributed by atoms with Gasteiger partial charge in [-0.05, 0) is 25.0 Å². The van der Waals surface area contributed by atoms with Gasteiger partial charge in [0.05, 0.1) is 0 Å². The second-order valence-electron chi connectivity index (χ2n) is 4.21. The Kier molecular flexibility index (Phi) is 4.32. The summed E-state index contributed by atoms with van der Waals surface area (Å²) in [5, 5.41) is 0.322. The second kappa shape index (κ2) is 5.97. The molecule has 0 aliphatic rings. The molecule has 0 bridgehead atoms. The Morgan fingerprint density at radius 1 is 1.26 bits per heavy atom. The van der Waals surface area contributed by atoms with Crippen molar-refractivity contribution in [2.75, 3.05) is 0 Å². The Labute approximate surface area is 116 Å². The van der Waals surface area contributed by atoms with Crippen LogP contribution in [0.3, 0.4) is 0 Å². The minimum atomic E-state index is -0.352. The summed E-state index contributed by atoms with van der Waals surface area (Å²) in [4.78, 5) is 8.35. The van der Waals surface area contributed by atoms with Crippen LogP contribution in [0, 0.1) is 12.7 Å². The fourth-order valence-corrected chi connectivity index (χ4v) is 1.82. The van der Waals surface area contributed by atoms with E-state index in [1.165, 1.54) is 18.2 Å². The van der Waals surface area contributed by atoms with Crippen molar-refractivity contribution in [1.82, 2.24) is 9.97 Å². The number of nitrogens with zero attached hydrogens (tertiary/aromatic N) is 2. The fraction of sp³-hybridized carbons (Fsp3) is 0.286. The van der Waals surface area contributed by atoms with Crippen LogP contribution >= 0.6 is 11.6 Å².